The summed E-state index contributed by atoms with van der Waals surface area (Å²) >= 11 is 0. The van der Waals surface area contributed by atoms with Crippen LogP contribution in [0.3, 0.4) is 0 Å². The Bertz CT molecular complexity index is 1020. The van der Waals surface area contributed by atoms with Gasteiger partial charge in [0.15, 0.2) is 0 Å². The molecule has 1 aromatic heterocycles. The van der Waals surface area contributed by atoms with E-state index in [4.69, 9.17) is 9.47 Å². The molecule has 1 fully saturated rings. The molecule has 33 heavy (non-hydrogen) atoms. The van der Waals surface area contributed by atoms with Gasteiger partial charge in [0.1, 0.15) is 18.2 Å². The summed E-state index contributed by atoms with van der Waals surface area (Å²) in [5, 5.41) is 0. The summed E-state index contributed by atoms with van der Waals surface area (Å²) in [6, 6.07) is 19.0. The number of nitrogens with zero attached hydrogens (tertiary/aromatic N) is 3. The molecule has 0 aliphatic carbocycles. The van der Waals surface area contributed by atoms with Gasteiger partial charge in [-0.2, -0.15) is 0 Å². The Morgan fingerprint density at radius 3 is 2.61 bits per heavy atom. The minimum Gasteiger partial charge on any atom is -0.492 e. The molecule has 0 bridgehead atoms. The zero-order valence-corrected chi connectivity index (χ0v) is 18.5. The van der Waals surface area contributed by atoms with Gasteiger partial charge in [-0.25, -0.2) is 4.39 Å². The maximum Gasteiger partial charge on any atom is 0.254 e. The van der Waals surface area contributed by atoms with Gasteiger partial charge < -0.3 is 14.4 Å². The molecule has 172 valence electrons. The number of rotatable bonds is 9. The highest BCUT2D eigenvalue weighted by atomic mass is 19.1. The van der Waals surface area contributed by atoms with Crippen LogP contribution in [0.15, 0.2) is 72.9 Å². The molecule has 0 N–H and O–H groups in total. The molecule has 0 spiro atoms. The highest BCUT2D eigenvalue weighted by Crippen LogP contribution is 2.18. The van der Waals surface area contributed by atoms with Gasteiger partial charge in [0.2, 0.25) is 0 Å². The van der Waals surface area contributed by atoms with Gasteiger partial charge >= 0.3 is 0 Å². The summed E-state index contributed by atoms with van der Waals surface area (Å²) in [7, 11) is 0. The van der Waals surface area contributed by atoms with E-state index in [2.05, 4.69) is 9.88 Å². The number of ether oxygens (including phenoxy) is 2. The number of hydrogen-bond acceptors (Lipinski definition) is 5. The van der Waals surface area contributed by atoms with Crippen LogP contribution in [0, 0.1) is 5.82 Å². The van der Waals surface area contributed by atoms with E-state index in [0.29, 0.717) is 25.3 Å². The van der Waals surface area contributed by atoms with E-state index in [0.717, 1.165) is 49.9 Å². The SMILES string of the molecule is O=C(c1ccc(F)cc1)N(Cc1cccc(OCCN2CCOCC2)c1)Cc1ccccn1. The molecule has 7 heteroatoms. The van der Waals surface area contributed by atoms with Crippen molar-refractivity contribution in [1.82, 2.24) is 14.8 Å². The van der Waals surface area contributed by atoms with Gasteiger partial charge in [-0.15, -0.1) is 0 Å². The number of amides is 1. The fourth-order valence-electron chi connectivity index (χ4n) is 3.73. The first-order valence-electron chi connectivity index (χ1n) is 11.1. The Hall–Kier alpha value is -3.29. The van der Waals surface area contributed by atoms with Gasteiger partial charge in [0, 0.05) is 37.9 Å². The van der Waals surface area contributed by atoms with Gasteiger partial charge in [0.05, 0.1) is 25.5 Å². The van der Waals surface area contributed by atoms with Crippen LogP contribution in [0.1, 0.15) is 21.6 Å². The molecule has 6 nitrogen and oxygen atoms in total. The zero-order valence-electron chi connectivity index (χ0n) is 18.5. The van der Waals surface area contributed by atoms with E-state index in [1.54, 1.807) is 11.1 Å². The Morgan fingerprint density at radius 1 is 1.03 bits per heavy atom. The quantitative estimate of drug-likeness (QED) is 0.498. The first-order chi connectivity index (χ1) is 16.2. The molecule has 0 unspecified atom stereocenters. The van der Waals surface area contributed by atoms with E-state index in [-0.39, 0.29) is 11.7 Å². The number of carbonyl (C=O) groups is 1. The predicted octanol–water partition coefficient (Wildman–Crippen LogP) is 3.77. The number of carbonyl (C=O) groups excluding carboxylic acids is 1. The Morgan fingerprint density at radius 2 is 1.85 bits per heavy atom. The lowest BCUT2D eigenvalue weighted by atomic mass is 10.1. The molecule has 2 aromatic carbocycles. The molecule has 0 saturated carbocycles. The average Bonchev–Trinajstić information content (AvgIpc) is 2.85. The van der Waals surface area contributed by atoms with Crippen molar-refractivity contribution < 1.29 is 18.7 Å². The lowest BCUT2D eigenvalue weighted by molar-refractivity contribution is 0.0322. The Kier molecular flexibility index (Phi) is 8.00. The van der Waals surface area contributed by atoms with Crippen molar-refractivity contribution in [1.29, 1.82) is 0 Å². The normalized spacial score (nSPS) is 14.1. The van der Waals surface area contributed by atoms with Crippen molar-refractivity contribution in [2.24, 2.45) is 0 Å². The summed E-state index contributed by atoms with van der Waals surface area (Å²) in [6.45, 7) is 5.56. The van der Waals surface area contributed by atoms with Crippen LogP contribution in [0.2, 0.25) is 0 Å². The van der Waals surface area contributed by atoms with E-state index >= 15 is 0 Å². The molecule has 2 heterocycles. The number of hydrogen-bond donors (Lipinski definition) is 0. The first kappa shape index (κ1) is 22.9. The summed E-state index contributed by atoms with van der Waals surface area (Å²) in [6.07, 6.45) is 1.71. The van der Waals surface area contributed by atoms with Crippen molar-refractivity contribution in [2.45, 2.75) is 13.1 Å². The highest BCUT2D eigenvalue weighted by Gasteiger charge is 2.18. The van der Waals surface area contributed by atoms with Crippen LogP contribution >= 0.6 is 0 Å². The van der Waals surface area contributed by atoms with Gasteiger partial charge in [-0.3, -0.25) is 14.7 Å². The van der Waals surface area contributed by atoms with Crippen molar-refractivity contribution >= 4 is 5.91 Å². The monoisotopic (exact) mass is 449 g/mol. The summed E-state index contributed by atoms with van der Waals surface area (Å²) in [4.78, 5) is 21.6. The molecule has 1 saturated heterocycles. The van der Waals surface area contributed by atoms with Crippen LogP contribution < -0.4 is 4.74 Å². The van der Waals surface area contributed by atoms with Crippen LogP contribution in [0.5, 0.6) is 5.75 Å². The smallest absolute Gasteiger partial charge is 0.254 e. The summed E-state index contributed by atoms with van der Waals surface area (Å²) in [5.41, 5.74) is 2.17. The Balaban J connectivity index is 1.44. The molecular formula is C26H28FN3O3. The third-order valence-electron chi connectivity index (χ3n) is 5.51. The third-order valence-corrected chi connectivity index (χ3v) is 5.51. The Labute approximate surface area is 193 Å². The number of pyridine rings is 1. The third kappa shape index (κ3) is 6.84. The molecule has 0 atom stereocenters. The molecular weight excluding hydrogens is 421 g/mol. The average molecular weight is 450 g/mol. The molecule has 1 amide bonds. The fourth-order valence-corrected chi connectivity index (χ4v) is 3.73. The largest absolute Gasteiger partial charge is 0.492 e. The van der Waals surface area contributed by atoms with Crippen LogP contribution in [0.4, 0.5) is 4.39 Å². The maximum absolute atomic E-state index is 13.4. The lowest BCUT2D eigenvalue weighted by Crippen LogP contribution is -2.38. The summed E-state index contributed by atoms with van der Waals surface area (Å²) < 4.78 is 24.7. The number of aromatic nitrogens is 1. The van der Waals surface area contributed by atoms with E-state index < -0.39 is 0 Å². The highest BCUT2D eigenvalue weighted by molar-refractivity contribution is 5.94. The minimum absolute atomic E-state index is 0.181. The number of morpholine rings is 1. The second-order valence-corrected chi connectivity index (χ2v) is 7.94. The van der Waals surface area contributed by atoms with E-state index in [1.807, 2.05) is 42.5 Å². The van der Waals surface area contributed by atoms with Gasteiger partial charge in [-0.1, -0.05) is 18.2 Å². The lowest BCUT2D eigenvalue weighted by Gasteiger charge is -2.26. The van der Waals surface area contributed by atoms with Crippen molar-refractivity contribution in [3.63, 3.8) is 0 Å². The molecule has 1 aliphatic rings. The molecule has 4 rings (SSSR count). The van der Waals surface area contributed by atoms with Crippen LogP contribution in [-0.4, -0.2) is 60.1 Å². The van der Waals surface area contributed by atoms with Crippen molar-refractivity contribution in [3.05, 3.63) is 95.6 Å². The second kappa shape index (κ2) is 11.5. The van der Waals surface area contributed by atoms with Crippen molar-refractivity contribution in [2.75, 3.05) is 39.5 Å². The fraction of sp³-hybridized carbons (Fsp3) is 0.308. The van der Waals surface area contributed by atoms with Crippen LogP contribution in [0.25, 0.3) is 0 Å². The number of benzene rings is 2. The summed E-state index contributed by atoms with van der Waals surface area (Å²) in [5.74, 6) is 0.219. The number of halogens is 1. The molecule has 3 aromatic rings. The maximum atomic E-state index is 13.4. The van der Waals surface area contributed by atoms with Crippen LogP contribution in [-0.2, 0) is 17.8 Å². The predicted molar refractivity (Wildman–Crippen MR) is 123 cm³/mol. The zero-order chi connectivity index (χ0) is 22.9. The standard InChI is InChI=1S/C26H28FN3O3/c27-23-9-7-22(8-10-23)26(31)30(20-24-5-1-2-11-28-24)19-21-4-3-6-25(18-21)33-17-14-29-12-15-32-16-13-29/h1-11,18H,12-17,19-20H2. The minimum atomic E-state index is -0.371. The topological polar surface area (TPSA) is 54.9 Å². The van der Waals surface area contributed by atoms with Gasteiger partial charge in [-0.05, 0) is 54.1 Å². The van der Waals surface area contributed by atoms with Gasteiger partial charge in [0.25, 0.3) is 5.91 Å². The van der Waals surface area contributed by atoms with E-state index in [1.165, 1.54) is 24.3 Å². The van der Waals surface area contributed by atoms with E-state index in [9.17, 15) is 9.18 Å². The molecule has 1 aliphatic heterocycles. The second-order valence-electron chi connectivity index (χ2n) is 7.94. The first-order valence-corrected chi connectivity index (χ1v) is 11.1. The molecule has 0 radical (unpaired) electrons. The van der Waals surface area contributed by atoms with Crippen molar-refractivity contribution in [3.8, 4) is 5.75 Å².